The molecule has 1 heterocycles. The molecule has 2 atom stereocenters. The quantitative estimate of drug-likeness (QED) is 0.818. The Bertz CT molecular complexity index is 739. The maximum absolute atomic E-state index is 13.2. The van der Waals surface area contributed by atoms with E-state index in [0.29, 0.717) is 6.07 Å². The lowest BCUT2D eigenvalue weighted by molar-refractivity contribution is -0.138. The molecule has 24 heavy (non-hydrogen) atoms. The lowest BCUT2D eigenvalue weighted by atomic mass is 10.1. The van der Waals surface area contributed by atoms with E-state index in [1.54, 1.807) is 6.92 Å². The van der Waals surface area contributed by atoms with Gasteiger partial charge >= 0.3 is 12.1 Å². The van der Waals surface area contributed by atoms with Crippen molar-refractivity contribution in [2.24, 2.45) is 11.7 Å². The van der Waals surface area contributed by atoms with Crippen molar-refractivity contribution < 1.29 is 31.1 Å². The molecular formula is C14H17F3N2O4S. The average Bonchev–Trinajstić information content (AvgIpc) is 2.85. The van der Waals surface area contributed by atoms with Gasteiger partial charge in [-0.15, -0.1) is 0 Å². The summed E-state index contributed by atoms with van der Waals surface area (Å²) in [4.78, 5) is 10.9. The van der Waals surface area contributed by atoms with E-state index in [0.717, 1.165) is 23.5 Å². The first-order chi connectivity index (χ1) is 11.0. The van der Waals surface area contributed by atoms with E-state index in [-0.39, 0.29) is 25.0 Å². The summed E-state index contributed by atoms with van der Waals surface area (Å²) in [5.74, 6) is -1.29. The Morgan fingerprint density at radius 1 is 1.33 bits per heavy atom. The number of nitrogens with zero attached hydrogens (tertiary/aromatic N) is 1. The largest absolute Gasteiger partial charge is 0.465 e. The van der Waals surface area contributed by atoms with Gasteiger partial charge in [-0.25, -0.2) is 13.2 Å². The van der Waals surface area contributed by atoms with Crippen LogP contribution in [0, 0.1) is 5.92 Å². The highest BCUT2D eigenvalue weighted by Crippen LogP contribution is 2.35. The van der Waals surface area contributed by atoms with Crippen molar-refractivity contribution in [1.29, 1.82) is 0 Å². The molecule has 2 rings (SSSR count). The summed E-state index contributed by atoms with van der Waals surface area (Å²) in [6, 6.07) is 1.85. The van der Waals surface area contributed by atoms with Gasteiger partial charge in [0, 0.05) is 19.1 Å². The number of sulfonamides is 1. The van der Waals surface area contributed by atoms with E-state index >= 15 is 0 Å². The zero-order chi connectivity index (χ0) is 18.3. The van der Waals surface area contributed by atoms with Gasteiger partial charge in [0.25, 0.3) is 0 Å². The van der Waals surface area contributed by atoms with Crippen LogP contribution in [0.4, 0.5) is 13.2 Å². The van der Waals surface area contributed by atoms with Gasteiger partial charge < -0.3 is 10.5 Å². The van der Waals surface area contributed by atoms with Crippen LogP contribution >= 0.6 is 0 Å². The Morgan fingerprint density at radius 2 is 1.96 bits per heavy atom. The summed E-state index contributed by atoms with van der Waals surface area (Å²) in [7, 11) is -3.19. The minimum atomic E-state index is -4.90. The molecule has 0 aliphatic carbocycles. The number of methoxy groups -OCH3 is 1. The summed E-state index contributed by atoms with van der Waals surface area (Å²) in [5.41, 5.74) is 3.68. The van der Waals surface area contributed by atoms with Crippen LogP contribution in [0.2, 0.25) is 0 Å². The predicted octanol–water partition coefficient (Wildman–Crippen LogP) is 1.46. The number of halogens is 3. The zero-order valence-corrected chi connectivity index (χ0v) is 13.8. The molecule has 1 aromatic carbocycles. The number of nitrogens with two attached hydrogens (primary N) is 1. The first kappa shape index (κ1) is 18.7. The molecule has 2 N–H and O–H groups in total. The standard InChI is InChI=1S/C14H17F3N2O4S/c1-8-6-19(7-12(8)18)24(21,22)9-3-4-10(13(20)23-2)11(5-9)14(15,16)17/h3-5,8,12H,6-7,18H2,1-2H3. The summed E-state index contributed by atoms with van der Waals surface area (Å²) in [6.45, 7) is 1.93. The van der Waals surface area contributed by atoms with E-state index in [2.05, 4.69) is 4.74 Å². The van der Waals surface area contributed by atoms with Crippen molar-refractivity contribution in [2.45, 2.75) is 24.0 Å². The van der Waals surface area contributed by atoms with Gasteiger partial charge in [-0.05, 0) is 24.1 Å². The topological polar surface area (TPSA) is 89.7 Å². The number of hydrogen-bond donors (Lipinski definition) is 1. The molecule has 1 fully saturated rings. The number of carbonyl (C=O) groups is 1. The van der Waals surface area contributed by atoms with E-state index < -0.39 is 38.2 Å². The monoisotopic (exact) mass is 366 g/mol. The van der Waals surface area contributed by atoms with Crippen LogP contribution in [0.5, 0.6) is 0 Å². The van der Waals surface area contributed by atoms with Crippen LogP contribution in [-0.2, 0) is 20.9 Å². The first-order valence-corrected chi connectivity index (χ1v) is 8.47. The van der Waals surface area contributed by atoms with Crippen LogP contribution in [0.25, 0.3) is 0 Å². The minimum absolute atomic E-state index is 0.0314. The third-order valence-corrected chi connectivity index (χ3v) is 5.80. The lowest BCUT2D eigenvalue weighted by Gasteiger charge is -2.18. The molecule has 0 amide bonds. The highest BCUT2D eigenvalue weighted by atomic mass is 32.2. The summed E-state index contributed by atoms with van der Waals surface area (Å²) in [5, 5.41) is 0. The summed E-state index contributed by atoms with van der Waals surface area (Å²) < 4.78 is 70.0. The highest BCUT2D eigenvalue weighted by Gasteiger charge is 2.39. The Hall–Kier alpha value is -1.65. The number of esters is 1. The van der Waals surface area contributed by atoms with Gasteiger partial charge in [0.15, 0.2) is 0 Å². The molecule has 1 saturated heterocycles. The third-order valence-electron chi connectivity index (χ3n) is 3.98. The number of rotatable bonds is 3. The Kier molecular flexibility index (Phi) is 4.93. The molecular weight excluding hydrogens is 349 g/mol. The van der Waals surface area contributed by atoms with Crippen LogP contribution < -0.4 is 5.73 Å². The fraction of sp³-hybridized carbons (Fsp3) is 0.500. The van der Waals surface area contributed by atoms with Gasteiger partial charge in [-0.2, -0.15) is 17.5 Å². The molecule has 10 heteroatoms. The van der Waals surface area contributed by atoms with Gasteiger partial charge in [0.2, 0.25) is 10.0 Å². The molecule has 0 bridgehead atoms. The molecule has 0 spiro atoms. The summed E-state index contributed by atoms with van der Waals surface area (Å²) >= 11 is 0. The second-order valence-corrected chi connectivity index (χ2v) is 7.60. The van der Waals surface area contributed by atoms with Gasteiger partial charge in [-0.1, -0.05) is 6.92 Å². The van der Waals surface area contributed by atoms with Crippen LogP contribution in [0.3, 0.4) is 0 Å². The third kappa shape index (κ3) is 3.40. The second kappa shape index (κ2) is 6.34. The van der Waals surface area contributed by atoms with Crippen molar-refractivity contribution in [3.05, 3.63) is 29.3 Å². The molecule has 134 valence electrons. The van der Waals surface area contributed by atoms with Crippen LogP contribution in [0.15, 0.2) is 23.1 Å². The average molecular weight is 366 g/mol. The molecule has 0 saturated carbocycles. The van der Waals surface area contributed by atoms with Crippen molar-refractivity contribution in [2.75, 3.05) is 20.2 Å². The lowest BCUT2D eigenvalue weighted by Crippen LogP contribution is -2.32. The Morgan fingerprint density at radius 3 is 2.42 bits per heavy atom. The fourth-order valence-corrected chi connectivity index (χ4v) is 4.10. The molecule has 1 aliphatic heterocycles. The predicted molar refractivity (Wildman–Crippen MR) is 78.7 cm³/mol. The number of alkyl halides is 3. The number of ether oxygens (including phenoxy) is 1. The van der Waals surface area contributed by atoms with E-state index in [1.807, 2.05) is 0 Å². The van der Waals surface area contributed by atoms with E-state index in [1.165, 1.54) is 0 Å². The van der Waals surface area contributed by atoms with Gasteiger partial charge in [0.1, 0.15) is 0 Å². The highest BCUT2D eigenvalue weighted by molar-refractivity contribution is 7.89. The van der Waals surface area contributed by atoms with Crippen LogP contribution in [-0.4, -0.2) is 44.9 Å². The maximum Gasteiger partial charge on any atom is 0.417 e. The van der Waals surface area contributed by atoms with Gasteiger partial charge in [-0.3, -0.25) is 0 Å². The van der Waals surface area contributed by atoms with Crippen molar-refractivity contribution in [1.82, 2.24) is 4.31 Å². The molecule has 2 unspecified atom stereocenters. The Labute approximate surface area is 137 Å². The van der Waals surface area contributed by atoms with Crippen molar-refractivity contribution in [3.63, 3.8) is 0 Å². The normalized spacial score (nSPS) is 22.6. The van der Waals surface area contributed by atoms with Crippen LogP contribution in [0.1, 0.15) is 22.8 Å². The maximum atomic E-state index is 13.2. The molecule has 1 aromatic rings. The second-order valence-electron chi connectivity index (χ2n) is 5.66. The zero-order valence-electron chi connectivity index (χ0n) is 13.0. The van der Waals surface area contributed by atoms with Gasteiger partial charge in [0.05, 0.1) is 23.1 Å². The Balaban J connectivity index is 2.50. The smallest absolute Gasteiger partial charge is 0.417 e. The number of hydrogen-bond acceptors (Lipinski definition) is 5. The van der Waals surface area contributed by atoms with Crippen molar-refractivity contribution in [3.8, 4) is 0 Å². The first-order valence-electron chi connectivity index (χ1n) is 7.03. The van der Waals surface area contributed by atoms with Crippen molar-refractivity contribution >= 4 is 16.0 Å². The SMILES string of the molecule is COC(=O)c1ccc(S(=O)(=O)N2CC(C)C(N)C2)cc1C(F)(F)F. The minimum Gasteiger partial charge on any atom is -0.465 e. The molecule has 0 radical (unpaired) electrons. The number of carbonyl (C=O) groups excluding carboxylic acids is 1. The van der Waals surface area contributed by atoms with E-state index in [4.69, 9.17) is 5.73 Å². The summed E-state index contributed by atoms with van der Waals surface area (Å²) in [6.07, 6.45) is -4.90. The number of benzene rings is 1. The fourth-order valence-electron chi connectivity index (χ4n) is 2.50. The molecule has 1 aliphatic rings. The van der Waals surface area contributed by atoms with E-state index in [9.17, 15) is 26.4 Å². The molecule has 6 nitrogen and oxygen atoms in total. The molecule has 0 aromatic heterocycles.